The van der Waals surface area contributed by atoms with Crippen LogP contribution in [0.25, 0.3) is 0 Å². The number of alkyl halides is 3. The highest BCUT2D eigenvalue weighted by molar-refractivity contribution is 7.93. The topological polar surface area (TPSA) is 57.6 Å². The molecule has 19 heavy (non-hydrogen) atoms. The third-order valence-electron chi connectivity index (χ3n) is 2.98. The number of sulfone groups is 1. The van der Waals surface area contributed by atoms with E-state index in [1.54, 1.807) is 0 Å². The standard InChI is InChI=1S/C11H12ClF2NO3S/c12-11(13,14)19(17,18)10-3-1-8(2-4-10)15-6-5-9(16)7-15/h1-4,9,16H,5-7H2/t9-/m1/s1. The van der Waals surface area contributed by atoms with Crippen molar-refractivity contribution in [2.45, 2.75) is 22.1 Å². The molecule has 0 amide bonds. The van der Waals surface area contributed by atoms with Gasteiger partial charge >= 0.3 is 4.71 Å². The van der Waals surface area contributed by atoms with Crippen LogP contribution in [0.2, 0.25) is 0 Å². The van der Waals surface area contributed by atoms with E-state index in [0.29, 0.717) is 25.2 Å². The zero-order valence-electron chi connectivity index (χ0n) is 9.76. The summed E-state index contributed by atoms with van der Waals surface area (Å²) in [6, 6.07) is 5.03. The van der Waals surface area contributed by atoms with Gasteiger partial charge in [-0.1, -0.05) is 0 Å². The van der Waals surface area contributed by atoms with Crippen molar-refractivity contribution in [1.82, 2.24) is 0 Å². The number of aliphatic hydroxyl groups is 1. The Morgan fingerprint density at radius 1 is 1.32 bits per heavy atom. The van der Waals surface area contributed by atoms with Crippen molar-refractivity contribution in [3.8, 4) is 0 Å². The van der Waals surface area contributed by atoms with Crippen molar-refractivity contribution in [2.75, 3.05) is 18.0 Å². The van der Waals surface area contributed by atoms with E-state index < -0.39 is 25.6 Å². The summed E-state index contributed by atoms with van der Waals surface area (Å²) in [5.74, 6) is 0. The molecule has 0 saturated carbocycles. The van der Waals surface area contributed by atoms with Gasteiger partial charge in [0.25, 0.3) is 9.84 Å². The van der Waals surface area contributed by atoms with Gasteiger partial charge in [-0.3, -0.25) is 0 Å². The monoisotopic (exact) mass is 311 g/mol. The number of hydrogen-bond acceptors (Lipinski definition) is 4. The molecule has 1 aromatic rings. The van der Waals surface area contributed by atoms with Gasteiger partial charge in [-0.2, -0.15) is 8.78 Å². The lowest BCUT2D eigenvalue weighted by atomic mass is 10.3. The van der Waals surface area contributed by atoms with Crippen molar-refractivity contribution in [2.24, 2.45) is 0 Å². The molecule has 8 heteroatoms. The summed E-state index contributed by atoms with van der Waals surface area (Å²) in [4.78, 5) is 1.32. The lowest BCUT2D eigenvalue weighted by molar-refractivity contribution is 0.187. The second-order valence-corrected chi connectivity index (χ2v) is 7.02. The first kappa shape index (κ1) is 14.5. The molecular formula is C11H12ClF2NO3S. The number of halogens is 3. The average molecular weight is 312 g/mol. The lowest BCUT2D eigenvalue weighted by Crippen LogP contribution is -2.23. The SMILES string of the molecule is O=S(=O)(c1ccc(N2CC[C@@H](O)C2)cc1)C(F)(F)Cl. The molecule has 1 atom stereocenters. The first-order valence-corrected chi connectivity index (χ1v) is 7.42. The van der Waals surface area contributed by atoms with Crippen LogP contribution in [0.15, 0.2) is 29.2 Å². The molecule has 2 rings (SSSR count). The highest BCUT2D eigenvalue weighted by atomic mass is 35.5. The van der Waals surface area contributed by atoms with E-state index in [2.05, 4.69) is 11.6 Å². The molecule has 1 N–H and O–H groups in total. The van der Waals surface area contributed by atoms with Crippen LogP contribution in [0.3, 0.4) is 0 Å². The summed E-state index contributed by atoms with van der Waals surface area (Å²) >= 11 is 4.58. The Labute approximate surface area is 114 Å². The molecule has 0 radical (unpaired) electrons. The van der Waals surface area contributed by atoms with Gasteiger partial charge in [0, 0.05) is 18.8 Å². The van der Waals surface area contributed by atoms with Crippen molar-refractivity contribution in [1.29, 1.82) is 0 Å². The van der Waals surface area contributed by atoms with Crippen LogP contribution in [-0.2, 0) is 9.84 Å². The van der Waals surface area contributed by atoms with Crippen LogP contribution in [0.4, 0.5) is 14.5 Å². The molecule has 0 unspecified atom stereocenters. The molecular weight excluding hydrogens is 300 g/mol. The Bertz CT molecular complexity index is 556. The van der Waals surface area contributed by atoms with Crippen LogP contribution in [-0.4, -0.2) is 37.4 Å². The molecule has 1 fully saturated rings. The minimum Gasteiger partial charge on any atom is -0.391 e. The fourth-order valence-electron chi connectivity index (χ4n) is 1.95. The molecule has 1 saturated heterocycles. The zero-order chi connectivity index (χ0) is 14.3. The van der Waals surface area contributed by atoms with E-state index in [1.165, 1.54) is 12.1 Å². The number of benzene rings is 1. The molecule has 1 aliphatic heterocycles. The Morgan fingerprint density at radius 3 is 2.32 bits per heavy atom. The summed E-state index contributed by atoms with van der Waals surface area (Å²) in [5.41, 5.74) is 0.674. The predicted molar refractivity (Wildman–Crippen MR) is 67.3 cm³/mol. The molecule has 0 aliphatic carbocycles. The Hall–Kier alpha value is -0.920. The van der Waals surface area contributed by atoms with Gasteiger partial charge in [0.05, 0.1) is 11.0 Å². The fraction of sp³-hybridized carbons (Fsp3) is 0.455. The smallest absolute Gasteiger partial charge is 0.391 e. The predicted octanol–water partition coefficient (Wildman–Crippen LogP) is 1.82. The summed E-state index contributed by atoms with van der Waals surface area (Å²) in [5, 5.41) is 9.40. The highest BCUT2D eigenvalue weighted by Gasteiger charge is 2.44. The Morgan fingerprint density at radius 2 is 1.89 bits per heavy atom. The van der Waals surface area contributed by atoms with Gasteiger partial charge in [0.1, 0.15) is 0 Å². The van der Waals surface area contributed by atoms with Crippen molar-refractivity contribution < 1.29 is 22.3 Å². The van der Waals surface area contributed by atoms with Gasteiger partial charge in [0.15, 0.2) is 0 Å². The van der Waals surface area contributed by atoms with Crippen molar-refractivity contribution in [3.05, 3.63) is 24.3 Å². The summed E-state index contributed by atoms with van der Waals surface area (Å²) in [6.45, 7) is 1.08. The van der Waals surface area contributed by atoms with Crippen LogP contribution < -0.4 is 4.90 Å². The third-order valence-corrected chi connectivity index (χ3v) is 5.09. The van der Waals surface area contributed by atoms with E-state index in [4.69, 9.17) is 0 Å². The maximum Gasteiger partial charge on any atom is 0.427 e. The normalized spacial score (nSPS) is 20.8. The van der Waals surface area contributed by atoms with Crippen LogP contribution >= 0.6 is 11.6 Å². The van der Waals surface area contributed by atoms with Gasteiger partial charge in [-0.25, -0.2) is 8.42 Å². The molecule has 0 spiro atoms. The molecule has 4 nitrogen and oxygen atoms in total. The maximum atomic E-state index is 12.8. The summed E-state index contributed by atoms with van der Waals surface area (Å²) in [6.07, 6.45) is 0.204. The van der Waals surface area contributed by atoms with Crippen molar-refractivity contribution >= 4 is 27.1 Å². The van der Waals surface area contributed by atoms with E-state index >= 15 is 0 Å². The highest BCUT2D eigenvalue weighted by Crippen LogP contribution is 2.33. The minimum absolute atomic E-state index is 0.421. The number of nitrogens with zero attached hydrogens (tertiary/aromatic N) is 1. The van der Waals surface area contributed by atoms with Crippen LogP contribution in [0, 0.1) is 0 Å². The maximum absolute atomic E-state index is 12.8. The first-order valence-electron chi connectivity index (χ1n) is 5.56. The summed E-state index contributed by atoms with van der Waals surface area (Å²) < 4.78 is 44.0. The van der Waals surface area contributed by atoms with E-state index in [-0.39, 0.29) is 0 Å². The van der Waals surface area contributed by atoms with Crippen molar-refractivity contribution in [3.63, 3.8) is 0 Å². The number of β-amino-alcohol motifs (C(OH)–C–C–N with tert-alkyl or cyclic N) is 1. The molecule has 0 aromatic heterocycles. The number of hydrogen-bond donors (Lipinski definition) is 1. The quantitative estimate of drug-likeness (QED) is 0.865. The lowest BCUT2D eigenvalue weighted by Gasteiger charge is -2.18. The molecule has 1 aromatic carbocycles. The molecule has 106 valence electrons. The average Bonchev–Trinajstić information content (AvgIpc) is 2.74. The second kappa shape index (κ2) is 4.88. The fourth-order valence-corrected chi connectivity index (χ4v) is 2.97. The Balaban J connectivity index is 2.24. The van der Waals surface area contributed by atoms with Crippen LogP contribution in [0.5, 0.6) is 0 Å². The second-order valence-electron chi connectivity index (χ2n) is 4.33. The zero-order valence-corrected chi connectivity index (χ0v) is 11.3. The minimum atomic E-state index is -4.86. The van der Waals surface area contributed by atoms with Gasteiger partial charge < -0.3 is 10.0 Å². The number of aliphatic hydroxyl groups excluding tert-OH is 1. The number of anilines is 1. The van der Waals surface area contributed by atoms with Crippen LogP contribution in [0.1, 0.15) is 6.42 Å². The Kier molecular flexibility index (Phi) is 3.72. The molecule has 0 bridgehead atoms. The van der Waals surface area contributed by atoms with E-state index in [9.17, 15) is 22.3 Å². The van der Waals surface area contributed by atoms with Gasteiger partial charge in [-0.15, -0.1) is 0 Å². The van der Waals surface area contributed by atoms with E-state index in [0.717, 1.165) is 12.1 Å². The summed E-state index contributed by atoms with van der Waals surface area (Å²) in [7, 11) is -4.86. The molecule has 1 aliphatic rings. The third kappa shape index (κ3) is 2.82. The van der Waals surface area contributed by atoms with E-state index in [1.807, 2.05) is 4.90 Å². The first-order chi connectivity index (χ1) is 8.72. The van der Waals surface area contributed by atoms with Gasteiger partial charge in [0.2, 0.25) is 0 Å². The largest absolute Gasteiger partial charge is 0.427 e. The number of rotatable bonds is 3. The molecule has 1 heterocycles. The van der Waals surface area contributed by atoms with Gasteiger partial charge in [-0.05, 0) is 42.3 Å².